The lowest BCUT2D eigenvalue weighted by atomic mass is 10.1. The average molecular weight is 215 g/mol. The minimum absolute atomic E-state index is 0.168. The molecule has 0 radical (unpaired) electrons. The highest BCUT2D eigenvalue weighted by Crippen LogP contribution is 2.06. The molecule has 0 saturated heterocycles. The van der Waals surface area contributed by atoms with Gasteiger partial charge in [0, 0.05) is 6.54 Å². The summed E-state index contributed by atoms with van der Waals surface area (Å²) in [5.74, 6) is 0.371. The molecule has 92 valence electrons. The second kappa shape index (κ2) is 9.17. The van der Waals surface area contributed by atoms with Gasteiger partial charge in [0.2, 0.25) is 0 Å². The molecule has 0 aromatic carbocycles. The molecular weight excluding hydrogens is 186 g/mol. The summed E-state index contributed by atoms with van der Waals surface area (Å²) in [6, 6.07) is 0. The van der Waals surface area contributed by atoms with Gasteiger partial charge in [-0.3, -0.25) is 0 Å². The molecule has 0 bridgehead atoms. The number of aliphatic hydroxyl groups excluding tert-OH is 1. The van der Waals surface area contributed by atoms with E-state index in [9.17, 15) is 5.11 Å². The molecule has 1 N–H and O–H groups in total. The Morgan fingerprint density at radius 1 is 1.00 bits per heavy atom. The molecular formula is C13H29NO. The molecule has 0 aliphatic rings. The molecule has 0 fully saturated rings. The van der Waals surface area contributed by atoms with E-state index in [2.05, 4.69) is 32.6 Å². The van der Waals surface area contributed by atoms with Crippen LogP contribution in [-0.2, 0) is 0 Å². The maximum atomic E-state index is 9.85. The van der Waals surface area contributed by atoms with Gasteiger partial charge in [0.1, 0.15) is 0 Å². The third-order valence-corrected chi connectivity index (χ3v) is 2.87. The first-order chi connectivity index (χ1) is 7.11. The lowest BCUT2D eigenvalue weighted by Crippen LogP contribution is -2.36. The first-order valence-corrected chi connectivity index (χ1v) is 6.52. The minimum atomic E-state index is -0.168. The van der Waals surface area contributed by atoms with Crippen LogP contribution in [0.1, 0.15) is 53.4 Å². The first-order valence-electron chi connectivity index (χ1n) is 6.52. The van der Waals surface area contributed by atoms with Crippen molar-refractivity contribution in [2.24, 2.45) is 5.92 Å². The van der Waals surface area contributed by atoms with E-state index in [1.165, 1.54) is 25.7 Å². The number of hydrogen-bond donors (Lipinski definition) is 1. The lowest BCUT2D eigenvalue weighted by molar-refractivity contribution is 0.0750. The average Bonchev–Trinajstić information content (AvgIpc) is 2.21. The highest BCUT2D eigenvalue weighted by Gasteiger charge is 2.13. The maximum absolute atomic E-state index is 9.85. The van der Waals surface area contributed by atoms with Gasteiger partial charge in [0.25, 0.3) is 0 Å². The molecule has 0 rings (SSSR count). The summed E-state index contributed by atoms with van der Waals surface area (Å²) in [5.41, 5.74) is 0. The zero-order chi connectivity index (χ0) is 11.7. The van der Waals surface area contributed by atoms with Crippen LogP contribution in [0.3, 0.4) is 0 Å². The predicted molar refractivity (Wildman–Crippen MR) is 67.1 cm³/mol. The monoisotopic (exact) mass is 215 g/mol. The molecule has 0 aliphatic carbocycles. The summed E-state index contributed by atoms with van der Waals surface area (Å²) in [5, 5.41) is 9.85. The van der Waals surface area contributed by atoms with Gasteiger partial charge in [-0.1, -0.05) is 40.5 Å². The summed E-state index contributed by atoms with van der Waals surface area (Å²) in [6.45, 7) is 11.7. The summed E-state index contributed by atoms with van der Waals surface area (Å²) in [4.78, 5) is 2.41. The van der Waals surface area contributed by atoms with Crippen molar-refractivity contribution in [2.45, 2.75) is 59.5 Å². The standard InChI is InChI=1S/C13H29NO/c1-5-7-9-14(10-8-6-2)11-13(15)12(3)4/h12-13,15H,5-11H2,1-4H3. The number of nitrogens with zero attached hydrogens (tertiary/aromatic N) is 1. The Balaban J connectivity index is 3.87. The Morgan fingerprint density at radius 2 is 1.47 bits per heavy atom. The smallest absolute Gasteiger partial charge is 0.0689 e. The molecule has 0 aliphatic heterocycles. The van der Waals surface area contributed by atoms with Crippen LogP contribution in [0.25, 0.3) is 0 Å². The zero-order valence-corrected chi connectivity index (χ0v) is 11.0. The Kier molecular flexibility index (Phi) is 9.12. The first kappa shape index (κ1) is 14.9. The second-order valence-electron chi connectivity index (χ2n) is 4.82. The van der Waals surface area contributed by atoms with Crippen molar-refractivity contribution in [1.82, 2.24) is 4.90 Å². The van der Waals surface area contributed by atoms with E-state index < -0.39 is 0 Å². The fraction of sp³-hybridized carbons (Fsp3) is 1.00. The Labute approximate surface area is 95.7 Å². The molecule has 0 heterocycles. The molecule has 1 unspecified atom stereocenters. The number of aliphatic hydroxyl groups is 1. The van der Waals surface area contributed by atoms with Crippen molar-refractivity contribution in [3.8, 4) is 0 Å². The Hall–Kier alpha value is -0.0800. The van der Waals surface area contributed by atoms with Crippen LogP contribution in [0.4, 0.5) is 0 Å². The van der Waals surface area contributed by atoms with Gasteiger partial charge >= 0.3 is 0 Å². The van der Waals surface area contributed by atoms with Crippen molar-refractivity contribution in [2.75, 3.05) is 19.6 Å². The van der Waals surface area contributed by atoms with Crippen molar-refractivity contribution in [3.05, 3.63) is 0 Å². The number of unbranched alkanes of at least 4 members (excludes halogenated alkanes) is 2. The van der Waals surface area contributed by atoms with E-state index in [1.807, 2.05) is 0 Å². The maximum Gasteiger partial charge on any atom is 0.0689 e. The van der Waals surface area contributed by atoms with Crippen molar-refractivity contribution in [3.63, 3.8) is 0 Å². The molecule has 15 heavy (non-hydrogen) atoms. The minimum Gasteiger partial charge on any atom is -0.392 e. The predicted octanol–water partition coefficient (Wildman–Crippen LogP) is 2.91. The van der Waals surface area contributed by atoms with E-state index in [0.29, 0.717) is 5.92 Å². The fourth-order valence-electron chi connectivity index (χ4n) is 1.53. The zero-order valence-electron chi connectivity index (χ0n) is 11.0. The van der Waals surface area contributed by atoms with Crippen molar-refractivity contribution >= 4 is 0 Å². The molecule has 0 aromatic rings. The van der Waals surface area contributed by atoms with Crippen LogP contribution in [0, 0.1) is 5.92 Å². The van der Waals surface area contributed by atoms with E-state index in [0.717, 1.165) is 19.6 Å². The van der Waals surface area contributed by atoms with E-state index in [4.69, 9.17) is 0 Å². The largest absolute Gasteiger partial charge is 0.392 e. The molecule has 0 amide bonds. The van der Waals surface area contributed by atoms with Gasteiger partial charge in [0.15, 0.2) is 0 Å². The molecule has 1 atom stereocenters. The molecule has 0 saturated carbocycles. The van der Waals surface area contributed by atoms with Crippen LogP contribution >= 0.6 is 0 Å². The summed E-state index contributed by atoms with van der Waals surface area (Å²) in [6.07, 6.45) is 4.79. The SMILES string of the molecule is CCCCN(CCCC)CC(O)C(C)C. The third kappa shape index (κ3) is 7.80. The quantitative estimate of drug-likeness (QED) is 0.639. The van der Waals surface area contributed by atoms with Gasteiger partial charge in [-0.2, -0.15) is 0 Å². The topological polar surface area (TPSA) is 23.5 Å². The summed E-state index contributed by atoms with van der Waals surface area (Å²) >= 11 is 0. The van der Waals surface area contributed by atoms with Gasteiger partial charge < -0.3 is 10.0 Å². The van der Waals surface area contributed by atoms with E-state index >= 15 is 0 Å². The van der Waals surface area contributed by atoms with E-state index in [1.54, 1.807) is 0 Å². The van der Waals surface area contributed by atoms with Crippen LogP contribution in [0.2, 0.25) is 0 Å². The van der Waals surface area contributed by atoms with E-state index in [-0.39, 0.29) is 6.10 Å². The Morgan fingerprint density at radius 3 is 1.80 bits per heavy atom. The lowest BCUT2D eigenvalue weighted by Gasteiger charge is -2.26. The molecule has 0 spiro atoms. The normalized spacial score (nSPS) is 13.8. The van der Waals surface area contributed by atoms with Crippen molar-refractivity contribution in [1.29, 1.82) is 0 Å². The van der Waals surface area contributed by atoms with Crippen LogP contribution in [0.15, 0.2) is 0 Å². The molecule has 2 heteroatoms. The van der Waals surface area contributed by atoms with Gasteiger partial charge in [-0.25, -0.2) is 0 Å². The highest BCUT2D eigenvalue weighted by molar-refractivity contribution is 4.67. The second-order valence-corrected chi connectivity index (χ2v) is 4.82. The van der Waals surface area contributed by atoms with Gasteiger partial charge in [-0.05, 0) is 31.8 Å². The summed E-state index contributed by atoms with van der Waals surface area (Å²) < 4.78 is 0. The van der Waals surface area contributed by atoms with Crippen LogP contribution in [0.5, 0.6) is 0 Å². The number of rotatable bonds is 9. The van der Waals surface area contributed by atoms with Gasteiger partial charge in [-0.15, -0.1) is 0 Å². The van der Waals surface area contributed by atoms with Crippen molar-refractivity contribution < 1.29 is 5.11 Å². The summed E-state index contributed by atoms with van der Waals surface area (Å²) in [7, 11) is 0. The third-order valence-electron chi connectivity index (χ3n) is 2.87. The fourth-order valence-corrected chi connectivity index (χ4v) is 1.53. The Bertz CT molecular complexity index is 128. The highest BCUT2D eigenvalue weighted by atomic mass is 16.3. The number of hydrogen-bond acceptors (Lipinski definition) is 2. The molecule has 2 nitrogen and oxygen atoms in total. The van der Waals surface area contributed by atoms with Gasteiger partial charge in [0.05, 0.1) is 6.10 Å². The molecule has 0 aromatic heterocycles. The van der Waals surface area contributed by atoms with Crippen LogP contribution in [-0.4, -0.2) is 35.7 Å². The van der Waals surface area contributed by atoms with Crippen LogP contribution < -0.4 is 0 Å².